The Morgan fingerprint density at radius 1 is 1.17 bits per heavy atom. The van der Waals surface area contributed by atoms with Crippen LogP contribution < -0.4 is 10.1 Å². The summed E-state index contributed by atoms with van der Waals surface area (Å²) in [5, 5.41) is 12.3. The third-order valence-corrected chi connectivity index (χ3v) is 3.80. The van der Waals surface area contributed by atoms with E-state index in [1.54, 1.807) is 4.90 Å². The lowest BCUT2D eigenvalue weighted by molar-refractivity contribution is 0.176. The minimum Gasteiger partial charge on any atom is -0.489 e. The molecular formula is C18H20N2O3. The first-order valence-corrected chi connectivity index (χ1v) is 7.71. The third-order valence-electron chi connectivity index (χ3n) is 3.80. The molecule has 23 heavy (non-hydrogen) atoms. The van der Waals surface area contributed by atoms with E-state index in [1.807, 2.05) is 54.6 Å². The van der Waals surface area contributed by atoms with E-state index in [0.29, 0.717) is 26.1 Å². The maximum atomic E-state index is 12.0. The summed E-state index contributed by atoms with van der Waals surface area (Å²) in [6, 6.07) is 17.0. The number of carbonyl (C=O) groups excluding carboxylic acids is 1. The van der Waals surface area contributed by atoms with Crippen LogP contribution in [-0.2, 0) is 6.61 Å². The van der Waals surface area contributed by atoms with Gasteiger partial charge in [0.25, 0.3) is 0 Å². The van der Waals surface area contributed by atoms with Gasteiger partial charge in [-0.3, -0.25) is 0 Å². The number of nitrogens with zero attached hydrogens (tertiary/aromatic N) is 1. The highest BCUT2D eigenvalue weighted by molar-refractivity contribution is 5.89. The van der Waals surface area contributed by atoms with Crippen LogP contribution in [0.2, 0.25) is 0 Å². The molecular weight excluding hydrogens is 292 g/mol. The van der Waals surface area contributed by atoms with E-state index in [1.165, 1.54) is 0 Å². The number of benzene rings is 2. The van der Waals surface area contributed by atoms with Gasteiger partial charge in [-0.05, 0) is 36.2 Å². The van der Waals surface area contributed by atoms with Crippen LogP contribution in [0.5, 0.6) is 5.75 Å². The molecule has 2 aromatic carbocycles. The molecule has 0 aliphatic carbocycles. The molecule has 0 bridgehead atoms. The second kappa shape index (κ2) is 7.15. The molecule has 0 radical (unpaired) electrons. The molecule has 1 heterocycles. The molecule has 2 N–H and O–H groups in total. The van der Waals surface area contributed by atoms with Crippen LogP contribution in [-0.4, -0.2) is 35.2 Å². The molecule has 120 valence electrons. The van der Waals surface area contributed by atoms with Crippen molar-refractivity contribution in [2.45, 2.75) is 19.1 Å². The van der Waals surface area contributed by atoms with Crippen molar-refractivity contribution >= 4 is 11.7 Å². The molecule has 5 nitrogen and oxygen atoms in total. The van der Waals surface area contributed by atoms with Crippen molar-refractivity contribution in [3.8, 4) is 5.75 Å². The maximum absolute atomic E-state index is 12.0. The molecule has 1 saturated heterocycles. The predicted molar refractivity (Wildman–Crippen MR) is 88.4 cm³/mol. The first-order chi connectivity index (χ1) is 11.2. The zero-order valence-electron chi connectivity index (χ0n) is 12.8. The van der Waals surface area contributed by atoms with Crippen LogP contribution >= 0.6 is 0 Å². The van der Waals surface area contributed by atoms with Gasteiger partial charge in [0.2, 0.25) is 0 Å². The Kier molecular flexibility index (Phi) is 4.78. The van der Waals surface area contributed by atoms with Gasteiger partial charge >= 0.3 is 6.03 Å². The standard InChI is InChI=1S/C18H20N2O3/c21-16-10-11-20(12-16)18(22)19-15-8-6-14(7-9-15)13-23-17-4-2-1-3-5-17/h1-9,16,21H,10-13H2,(H,19,22). The molecule has 2 aromatic rings. The molecule has 1 unspecified atom stereocenters. The molecule has 1 atom stereocenters. The number of hydrogen-bond acceptors (Lipinski definition) is 3. The number of urea groups is 1. The van der Waals surface area contributed by atoms with Crippen molar-refractivity contribution in [3.05, 3.63) is 60.2 Å². The topological polar surface area (TPSA) is 61.8 Å². The molecule has 1 aliphatic rings. The number of nitrogens with one attached hydrogen (secondary N) is 1. The first-order valence-electron chi connectivity index (χ1n) is 7.71. The summed E-state index contributed by atoms with van der Waals surface area (Å²) < 4.78 is 5.68. The Balaban J connectivity index is 1.51. The minimum atomic E-state index is -0.404. The van der Waals surface area contributed by atoms with E-state index in [2.05, 4.69) is 5.32 Å². The predicted octanol–water partition coefficient (Wildman–Crippen LogP) is 2.86. The molecule has 3 rings (SSSR count). The summed E-state index contributed by atoms with van der Waals surface area (Å²) in [5.41, 5.74) is 1.77. The molecule has 5 heteroatoms. The highest BCUT2D eigenvalue weighted by atomic mass is 16.5. The van der Waals surface area contributed by atoms with E-state index >= 15 is 0 Å². The fourth-order valence-corrected chi connectivity index (χ4v) is 2.50. The molecule has 0 saturated carbocycles. The normalized spacial score (nSPS) is 17.1. The minimum absolute atomic E-state index is 0.171. The van der Waals surface area contributed by atoms with Crippen molar-refractivity contribution in [2.24, 2.45) is 0 Å². The van der Waals surface area contributed by atoms with Crippen molar-refractivity contribution in [1.29, 1.82) is 0 Å². The van der Waals surface area contributed by atoms with Crippen molar-refractivity contribution in [2.75, 3.05) is 18.4 Å². The number of β-amino-alcohol motifs (C(OH)–C–C–N with tert-alkyl or cyclic N) is 1. The molecule has 1 aliphatic heterocycles. The second-order valence-electron chi connectivity index (χ2n) is 5.62. The van der Waals surface area contributed by atoms with Gasteiger partial charge in [-0.15, -0.1) is 0 Å². The number of aliphatic hydroxyl groups excluding tert-OH is 1. The Morgan fingerprint density at radius 3 is 2.57 bits per heavy atom. The van der Waals surface area contributed by atoms with Crippen LogP contribution in [0.25, 0.3) is 0 Å². The SMILES string of the molecule is O=C(Nc1ccc(COc2ccccc2)cc1)N1CCC(O)C1. The first kappa shape index (κ1) is 15.4. The number of rotatable bonds is 4. The van der Waals surface area contributed by atoms with Gasteiger partial charge in [0.15, 0.2) is 0 Å². The molecule has 0 aromatic heterocycles. The summed E-state index contributed by atoms with van der Waals surface area (Å²) >= 11 is 0. The quantitative estimate of drug-likeness (QED) is 0.912. The highest BCUT2D eigenvalue weighted by Crippen LogP contribution is 2.16. The summed E-state index contributed by atoms with van der Waals surface area (Å²) in [6.07, 6.45) is 0.238. The summed E-state index contributed by atoms with van der Waals surface area (Å²) in [6.45, 7) is 1.47. The van der Waals surface area contributed by atoms with Crippen molar-refractivity contribution in [1.82, 2.24) is 4.90 Å². The van der Waals surface area contributed by atoms with Crippen LogP contribution in [0.4, 0.5) is 10.5 Å². The number of carbonyl (C=O) groups is 1. The molecule has 1 fully saturated rings. The van der Waals surface area contributed by atoms with E-state index in [0.717, 1.165) is 17.0 Å². The average Bonchev–Trinajstić information content (AvgIpc) is 3.02. The van der Waals surface area contributed by atoms with E-state index in [4.69, 9.17) is 4.74 Å². The fourth-order valence-electron chi connectivity index (χ4n) is 2.50. The maximum Gasteiger partial charge on any atom is 0.321 e. The largest absolute Gasteiger partial charge is 0.489 e. The monoisotopic (exact) mass is 312 g/mol. The van der Waals surface area contributed by atoms with E-state index in [9.17, 15) is 9.90 Å². The lowest BCUT2D eigenvalue weighted by Gasteiger charge is -2.16. The summed E-state index contributed by atoms with van der Waals surface area (Å²) in [5.74, 6) is 0.831. The van der Waals surface area contributed by atoms with Crippen molar-refractivity contribution in [3.63, 3.8) is 0 Å². The third kappa shape index (κ3) is 4.23. The molecule has 2 amide bonds. The highest BCUT2D eigenvalue weighted by Gasteiger charge is 2.24. The zero-order valence-corrected chi connectivity index (χ0v) is 12.8. The smallest absolute Gasteiger partial charge is 0.321 e. The number of amides is 2. The van der Waals surface area contributed by atoms with E-state index < -0.39 is 6.10 Å². The Morgan fingerprint density at radius 2 is 1.91 bits per heavy atom. The number of para-hydroxylation sites is 1. The van der Waals surface area contributed by atoms with Gasteiger partial charge in [-0.1, -0.05) is 30.3 Å². The second-order valence-corrected chi connectivity index (χ2v) is 5.62. The fraction of sp³-hybridized carbons (Fsp3) is 0.278. The van der Waals surface area contributed by atoms with Gasteiger partial charge in [0, 0.05) is 18.8 Å². The number of hydrogen-bond donors (Lipinski definition) is 2. The number of anilines is 1. The number of ether oxygens (including phenoxy) is 1. The number of aliphatic hydroxyl groups is 1. The van der Waals surface area contributed by atoms with Gasteiger partial charge in [0.05, 0.1) is 6.10 Å². The van der Waals surface area contributed by atoms with Gasteiger partial charge in [0.1, 0.15) is 12.4 Å². The van der Waals surface area contributed by atoms with Crippen LogP contribution in [0.15, 0.2) is 54.6 Å². The lowest BCUT2D eigenvalue weighted by Crippen LogP contribution is -2.33. The van der Waals surface area contributed by atoms with Crippen LogP contribution in [0, 0.1) is 0 Å². The molecule has 0 spiro atoms. The average molecular weight is 312 g/mol. The zero-order chi connectivity index (χ0) is 16.1. The van der Waals surface area contributed by atoms with Crippen molar-refractivity contribution < 1.29 is 14.6 Å². The van der Waals surface area contributed by atoms with Crippen LogP contribution in [0.1, 0.15) is 12.0 Å². The van der Waals surface area contributed by atoms with Gasteiger partial charge in [-0.25, -0.2) is 4.79 Å². The lowest BCUT2D eigenvalue weighted by atomic mass is 10.2. The Hall–Kier alpha value is -2.53. The Labute approximate surface area is 135 Å². The summed E-state index contributed by atoms with van der Waals surface area (Å²) in [4.78, 5) is 13.7. The van der Waals surface area contributed by atoms with Gasteiger partial charge < -0.3 is 20.1 Å². The van der Waals surface area contributed by atoms with Crippen LogP contribution in [0.3, 0.4) is 0 Å². The Bertz CT molecular complexity index is 643. The number of likely N-dealkylation sites (tertiary alicyclic amines) is 1. The van der Waals surface area contributed by atoms with Gasteiger partial charge in [-0.2, -0.15) is 0 Å². The summed E-state index contributed by atoms with van der Waals surface area (Å²) in [7, 11) is 0. The van der Waals surface area contributed by atoms with E-state index in [-0.39, 0.29) is 6.03 Å².